The summed E-state index contributed by atoms with van der Waals surface area (Å²) in [5.74, 6) is -0.569. The Morgan fingerprint density at radius 1 is 0.917 bits per heavy atom. The molecule has 36 heavy (non-hydrogen) atoms. The van der Waals surface area contributed by atoms with Gasteiger partial charge in [-0.3, -0.25) is 9.59 Å². The first-order valence-electron chi connectivity index (χ1n) is 11.3. The Balaban J connectivity index is 1.50. The van der Waals surface area contributed by atoms with E-state index in [1.165, 1.54) is 11.2 Å². The molecule has 1 aliphatic rings. The highest BCUT2D eigenvalue weighted by atomic mass is 35.5. The predicted octanol–water partition coefficient (Wildman–Crippen LogP) is 6.13. The van der Waals surface area contributed by atoms with Crippen molar-refractivity contribution in [2.75, 3.05) is 0 Å². The van der Waals surface area contributed by atoms with Gasteiger partial charge in [0.1, 0.15) is 23.9 Å². The maximum Gasteiger partial charge on any atom is 0.296 e. The Morgan fingerprint density at radius 2 is 1.64 bits per heavy atom. The van der Waals surface area contributed by atoms with Gasteiger partial charge in [0.15, 0.2) is 0 Å². The van der Waals surface area contributed by atoms with Gasteiger partial charge < -0.3 is 19.2 Å². The van der Waals surface area contributed by atoms with Crippen LogP contribution in [0, 0.1) is 0 Å². The molecular weight excluding hydrogens is 478 g/mol. The number of rotatable bonds is 7. The fraction of sp³-hybridized carbons (Fsp3) is 0.103. The second-order valence-electron chi connectivity index (χ2n) is 8.36. The molecule has 1 amide bonds. The molecule has 0 spiro atoms. The number of carbonyl (C=O) groups is 2. The molecule has 0 saturated carbocycles. The van der Waals surface area contributed by atoms with Gasteiger partial charge in [0, 0.05) is 10.6 Å². The SMILES string of the molecule is O=C1C(=O)N(Cc2ccco2)[C@H](c2ccc(OCc3ccccc3)cc2)C1=C(O)c1ccc(Cl)cc1. The fourth-order valence-electron chi connectivity index (χ4n) is 4.21. The van der Waals surface area contributed by atoms with Crippen molar-refractivity contribution in [2.24, 2.45) is 0 Å². The lowest BCUT2D eigenvalue weighted by Crippen LogP contribution is -2.29. The van der Waals surface area contributed by atoms with Crippen LogP contribution < -0.4 is 4.74 Å². The summed E-state index contributed by atoms with van der Waals surface area (Å²) >= 11 is 5.99. The number of hydrogen-bond donors (Lipinski definition) is 1. The van der Waals surface area contributed by atoms with Crippen LogP contribution in [0.4, 0.5) is 0 Å². The van der Waals surface area contributed by atoms with Gasteiger partial charge in [-0.2, -0.15) is 0 Å². The number of furan rings is 1. The molecule has 4 aromatic rings. The Bertz CT molecular complexity index is 1390. The van der Waals surface area contributed by atoms with Crippen molar-refractivity contribution in [3.63, 3.8) is 0 Å². The van der Waals surface area contributed by atoms with Gasteiger partial charge in [0.2, 0.25) is 0 Å². The Kier molecular flexibility index (Phi) is 6.60. The molecule has 1 atom stereocenters. The summed E-state index contributed by atoms with van der Waals surface area (Å²) in [6.45, 7) is 0.486. The quantitative estimate of drug-likeness (QED) is 0.188. The van der Waals surface area contributed by atoms with E-state index in [0.29, 0.717) is 34.3 Å². The van der Waals surface area contributed by atoms with E-state index in [2.05, 4.69) is 0 Å². The third kappa shape index (κ3) is 4.76. The second kappa shape index (κ2) is 10.1. The molecule has 1 aromatic heterocycles. The van der Waals surface area contributed by atoms with E-state index in [-0.39, 0.29) is 17.9 Å². The molecule has 3 aromatic carbocycles. The van der Waals surface area contributed by atoms with Crippen LogP contribution in [0.3, 0.4) is 0 Å². The van der Waals surface area contributed by atoms with E-state index in [9.17, 15) is 14.7 Å². The first-order chi connectivity index (χ1) is 17.5. The number of likely N-dealkylation sites (tertiary alicyclic amines) is 1. The van der Waals surface area contributed by atoms with Gasteiger partial charge in [-0.05, 0) is 59.7 Å². The van der Waals surface area contributed by atoms with Crippen molar-refractivity contribution in [1.29, 1.82) is 0 Å². The minimum absolute atomic E-state index is 0.00633. The Morgan fingerprint density at radius 3 is 2.31 bits per heavy atom. The number of hydrogen-bond acceptors (Lipinski definition) is 5. The number of amides is 1. The lowest BCUT2D eigenvalue weighted by Gasteiger charge is -2.24. The lowest BCUT2D eigenvalue weighted by molar-refractivity contribution is -0.140. The molecule has 7 heteroatoms. The zero-order chi connectivity index (χ0) is 25.1. The normalized spacial score (nSPS) is 16.9. The molecule has 2 heterocycles. The first kappa shape index (κ1) is 23.5. The van der Waals surface area contributed by atoms with E-state index < -0.39 is 17.7 Å². The number of ketones is 1. The van der Waals surface area contributed by atoms with Crippen LogP contribution in [0.2, 0.25) is 5.02 Å². The number of carbonyl (C=O) groups excluding carboxylic acids is 2. The monoisotopic (exact) mass is 499 g/mol. The minimum Gasteiger partial charge on any atom is -0.507 e. The summed E-state index contributed by atoms with van der Waals surface area (Å²) < 4.78 is 11.3. The van der Waals surface area contributed by atoms with Crippen molar-refractivity contribution in [2.45, 2.75) is 19.2 Å². The molecule has 1 aliphatic heterocycles. The van der Waals surface area contributed by atoms with Crippen LogP contribution in [0.5, 0.6) is 5.75 Å². The molecule has 0 bridgehead atoms. The van der Waals surface area contributed by atoms with E-state index in [1.54, 1.807) is 60.7 Å². The average Bonchev–Trinajstić information content (AvgIpc) is 3.51. The van der Waals surface area contributed by atoms with Crippen molar-refractivity contribution in [1.82, 2.24) is 4.90 Å². The van der Waals surface area contributed by atoms with Crippen LogP contribution in [0.1, 0.15) is 28.5 Å². The van der Waals surface area contributed by atoms with Crippen LogP contribution in [-0.2, 0) is 22.7 Å². The fourth-order valence-corrected chi connectivity index (χ4v) is 4.34. The van der Waals surface area contributed by atoms with Gasteiger partial charge in [-0.1, -0.05) is 54.1 Å². The molecule has 1 fully saturated rings. The number of halogens is 1. The molecule has 6 nitrogen and oxygen atoms in total. The van der Waals surface area contributed by atoms with Gasteiger partial charge in [-0.25, -0.2) is 0 Å². The first-order valence-corrected chi connectivity index (χ1v) is 11.7. The molecule has 1 N–H and O–H groups in total. The molecule has 5 rings (SSSR count). The highest BCUT2D eigenvalue weighted by molar-refractivity contribution is 6.46. The molecule has 180 valence electrons. The van der Waals surface area contributed by atoms with Crippen molar-refractivity contribution >= 4 is 29.1 Å². The van der Waals surface area contributed by atoms with Gasteiger partial charge in [0.25, 0.3) is 11.7 Å². The standard InChI is InChI=1S/C29H22ClNO5/c30-22-12-8-21(9-13-22)27(32)25-26(31(29(34)28(25)33)17-24-7-4-16-35-24)20-10-14-23(15-11-20)36-18-19-5-2-1-3-6-19/h1-16,26,32H,17-18H2/t26-/m1/s1. The zero-order valence-corrected chi connectivity index (χ0v) is 19.9. The maximum atomic E-state index is 13.1. The summed E-state index contributed by atoms with van der Waals surface area (Å²) in [7, 11) is 0. The van der Waals surface area contributed by atoms with Crippen LogP contribution >= 0.6 is 11.6 Å². The third-order valence-electron chi connectivity index (χ3n) is 6.01. The maximum absolute atomic E-state index is 13.1. The van der Waals surface area contributed by atoms with Gasteiger partial charge in [0.05, 0.1) is 24.4 Å². The van der Waals surface area contributed by atoms with Crippen LogP contribution in [0.25, 0.3) is 5.76 Å². The second-order valence-corrected chi connectivity index (χ2v) is 8.79. The zero-order valence-electron chi connectivity index (χ0n) is 19.1. The largest absolute Gasteiger partial charge is 0.507 e. The number of aliphatic hydroxyl groups excluding tert-OH is 1. The average molecular weight is 500 g/mol. The summed E-state index contributed by atoms with van der Waals surface area (Å²) in [6, 6.07) is 26.0. The topological polar surface area (TPSA) is 80.0 Å². The highest BCUT2D eigenvalue weighted by Gasteiger charge is 2.46. The number of benzene rings is 3. The number of nitrogens with zero attached hydrogens (tertiary/aromatic N) is 1. The molecule has 1 saturated heterocycles. The molecule has 0 radical (unpaired) electrons. The highest BCUT2D eigenvalue weighted by Crippen LogP contribution is 2.40. The summed E-state index contributed by atoms with van der Waals surface area (Å²) in [5, 5.41) is 11.6. The minimum atomic E-state index is -0.811. The van der Waals surface area contributed by atoms with Crippen LogP contribution in [0.15, 0.2) is 107 Å². The van der Waals surface area contributed by atoms with Crippen molar-refractivity contribution in [3.05, 3.63) is 130 Å². The molecule has 0 unspecified atom stereocenters. The van der Waals surface area contributed by atoms with Gasteiger partial charge in [-0.15, -0.1) is 0 Å². The Hall–Kier alpha value is -4.29. The molecule has 0 aliphatic carbocycles. The van der Waals surface area contributed by atoms with Gasteiger partial charge >= 0.3 is 0 Å². The summed E-state index contributed by atoms with van der Waals surface area (Å²) in [4.78, 5) is 27.6. The smallest absolute Gasteiger partial charge is 0.296 e. The van der Waals surface area contributed by atoms with Crippen molar-refractivity contribution in [3.8, 4) is 5.75 Å². The number of ether oxygens (including phenoxy) is 1. The van der Waals surface area contributed by atoms with Crippen LogP contribution in [-0.4, -0.2) is 21.7 Å². The van der Waals surface area contributed by atoms with E-state index >= 15 is 0 Å². The lowest BCUT2D eigenvalue weighted by atomic mass is 9.95. The van der Waals surface area contributed by atoms with E-state index in [1.807, 2.05) is 30.3 Å². The summed E-state index contributed by atoms with van der Waals surface area (Å²) in [6.07, 6.45) is 1.51. The number of Topliss-reactive ketones (excluding diaryl/α,β-unsaturated/α-hetero) is 1. The third-order valence-corrected chi connectivity index (χ3v) is 6.26. The Labute approximate surface area is 213 Å². The number of aliphatic hydroxyl groups is 1. The van der Waals surface area contributed by atoms with Crippen molar-refractivity contribution < 1.29 is 23.8 Å². The summed E-state index contributed by atoms with van der Waals surface area (Å²) in [5.41, 5.74) is 2.09. The molecular formula is C29H22ClNO5. The predicted molar refractivity (Wildman–Crippen MR) is 135 cm³/mol. The van der Waals surface area contributed by atoms with E-state index in [0.717, 1.165) is 5.56 Å². The van der Waals surface area contributed by atoms with E-state index in [4.69, 9.17) is 20.8 Å².